The maximum Gasteiger partial charge on any atom is 0.469 e. The Kier molecular flexibility index (Phi) is 5.93. The zero-order valence-corrected chi connectivity index (χ0v) is 9.06. The van der Waals surface area contributed by atoms with Crippen LogP contribution in [0.15, 0.2) is 5.16 Å². The Bertz CT molecular complexity index is 294. The summed E-state index contributed by atoms with van der Waals surface area (Å²) < 4.78 is 39.3. The van der Waals surface area contributed by atoms with Gasteiger partial charge >= 0.3 is 10.4 Å². The lowest BCUT2D eigenvalue weighted by atomic mass is 10.7. The van der Waals surface area contributed by atoms with Crippen molar-refractivity contribution in [3.8, 4) is 0 Å². The minimum absolute atomic E-state index is 0.380. The van der Waals surface area contributed by atoms with Crippen LogP contribution in [0.2, 0.25) is 0 Å². The number of oxime groups is 1. The van der Waals surface area contributed by atoms with Gasteiger partial charge in [-0.2, -0.15) is 8.42 Å². The van der Waals surface area contributed by atoms with Crippen molar-refractivity contribution in [2.24, 2.45) is 16.6 Å². The Morgan fingerprint density at radius 1 is 1.33 bits per heavy atom. The van der Waals surface area contributed by atoms with Gasteiger partial charge < -0.3 is 20.9 Å². The zero-order valence-electron chi connectivity index (χ0n) is 8.24. The van der Waals surface area contributed by atoms with Crippen LogP contribution in [0.5, 0.6) is 0 Å². The number of rotatable bonds is 7. The maximum atomic E-state index is 10.9. The van der Waals surface area contributed by atoms with Gasteiger partial charge in [0.1, 0.15) is 6.61 Å². The number of nitrogens with two attached hydrogens (primary N) is 2. The molecule has 0 rings (SSSR count). The molecule has 0 bridgehead atoms. The van der Waals surface area contributed by atoms with Crippen LogP contribution in [-0.2, 0) is 28.3 Å². The second-order valence-corrected chi connectivity index (χ2v) is 3.39. The van der Waals surface area contributed by atoms with E-state index < -0.39 is 22.6 Å². The minimum Gasteiger partial charge on any atom is -0.367 e. The molecule has 9 nitrogen and oxygen atoms in total. The molecule has 0 amide bonds. The second-order valence-electron chi connectivity index (χ2n) is 2.18. The summed E-state index contributed by atoms with van der Waals surface area (Å²) in [5.74, 6) is -0.544. The van der Waals surface area contributed by atoms with Crippen LogP contribution in [0.1, 0.15) is 0 Å². The van der Waals surface area contributed by atoms with Crippen molar-refractivity contribution in [1.82, 2.24) is 0 Å². The average molecular weight is 243 g/mol. The average Bonchev–Trinajstić information content (AvgIpc) is 2.17. The predicted octanol–water partition coefficient (Wildman–Crippen LogP) is -1.93. The number of ether oxygens (including phenoxy) is 2. The second kappa shape index (κ2) is 6.40. The highest BCUT2D eigenvalue weighted by atomic mass is 32.3. The number of guanidine groups is 1. The van der Waals surface area contributed by atoms with Crippen molar-refractivity contribution in [2.75, 3.05) is 20.8 Å². The Balaban J connectivity index is 4.10. The molecule has 0 spiro atoms. The number of nitrogens with zero attached hydrogens (tertiary/aromatic N) is 1. The van der Waals surface area contributed by atoms with E-state index in [1.807, 2.05) is 0 Å². The first-order valence-electron chi connectivity index (χ1n) is 3.64. The van der Waals surface area contributed by atoms with Crippen molar-refractivity contribution in [1.29, 1.82) is 0 Å². The van der Waals surface area contributed by atoms with Crippen molar-refractivity contribution in [2.45, 2.75) is 6.29 Å². The topological polar surface area (TPSA) is 135 Å². The normalized spacial score (nSPS) is 11.4. The largest absolute Gasteiger partial charge is 0.469 e. The summed E-state index contributed by atoms with van der Waals surface area (Å²) in [6, 6.07) is 0. The lowest BCUT2D eigenvalue weighted by molar-refractivity contribution is -0.122. The molecule has 0 saturated heterocycles. The quantitative estimate of drug-likeness (QED) is 0.228. The number of methoxy groups -OCH3 is 2. The third-order valence-corrected chi connectivity index (χ3v) is 1.79. The van der Waals surface area contributed by atoms with Gasteiger partial charge in [0.15, 0.2) is 6.29 Å². The molecule has 0 aliphatic heterocycles. The number of hydrogen-bond donors (Lipinski definition) is 2. The van der Waals surface area contributed by atoms with Gasteiger partial charge in [0.2, 0.25) is 5.96 Å². The van der Waals surface area contributed by atoms with Crippen molar-refractivity contribution in [3.05, 3.63) is 0 Å². The summed E-state index contributed by atoms with van der Waals surface area (Å²) in [5, 5.41) is 2.80. The van der Waals surface area contributed by atoms with E-state index in [1.54, 1.807) is 0 Å². The van der Waals surface area contributed by atoms with E-state index in [2.05, 4.69) is 23.1 Å². The zero-order chi connectivity index (χ0) is 11.9. The van der Waals surface area contributed by atoms with Crippen LogP contribution >= 0.6 is 0 Å². The fourth-order valence-corrected chi connectivity index (χ4v) is 0.980. The molecule has 10 heteroatoms. The highest BCUT2D eigenvalue weighted by Crippen LogP contribution is 2.00. The maximum absolute atomic E-state index is 10.9. The first-order valence-corrected chi connectivity index (χ1v) is 4.97. The van der Waals surface area contributed by atoms with Gasteiger partial charge in [0, 0.05) is 14.2 Å². The van der Waals surface area contributed by atoms with Crippen molar-refractivity contribution < 1.29 is 26.4 Å². The summed E-state index contributed by atoms with van der Waals surface area (Å²) in [6.07, 6.45) is -0.831. The van der Waals surface area contributed by atoms with Crippen LogP contribution in [0.25, 0.3) is 0 Å². The highest BCUT2D eigenvalue weighted by molar-refractivity contribution is 7.81. The van der Waals surface area contributed by atoms with E-state index in [0.717, 1.165) is 0 Å². The molecule has 0 heterocycles. The monoisotopic (exact) mass is 243 g/mol. The SMILES string of the molecule is COC(COS(=O)(=O)ON=C(N)N)OC. The van der Waals surface area contributed by atoms with Crippen LogP contribution < -0.4 is 11.5 Å². The van der Waals surface area contributed by atoms with Crippen LogP contribution in [0.4, 0.5) is 0 Å². The molecule has 15 heavy (non-hydrogen) atoms. The van der Waals surface area contributed by atoms with Gasteiger partial charge in [-0.1, -0.05) is 0 Å². The van der Waals surface area contributed by atoms with Gasteiger partial charge in [-0.05, 0) is 5.16 Å². The first kappa shape index (κ1) is 13.9. The van der Waals surface area contributed by atoms with E-state index in [1.165, 1.54) is 14.2 Å². The molecule has 0 unspecified atom stereocenters. The third-order valence-electron chi connectivity index (χ3n) is 1.11. The molecule has 0 aliphatic carbocycles. The van der Waals surface area contributed by atoms with E-state index >= 15 is 0 Å². The Morgan fingerprint density at radius 3 is 2.27 bits per heavy atom. The smallest absolute Gasteiger partial charge is 0.367 e. The summed E-state index contributed by atoms with van der Waals surface area (Å²) in [7, 11) is -1.66. The summed E-state index contributed by atoms with van der Waals surface area (Å²) in [6.45, 7) is -0.380. The molecule has 0 aromatic heterocycles. The molecule has 0 atom stereocenters. The lowest BCUT2D eigenvalue weighted by Gasteiger charge is -2.11. The molecule has 0 aromatic rings. The van der Waals surface area contributed by atoms with Gasteiger partial charge in [-0.15, -0.1) is 0 Å². The fourth-order valence-electron chi connectivity index (χ4n) is 0.481. The number of hydrogen-bond acceptors (Lipinski definition) is 7. The molecule has 0 aliphatic rings. The minimum atomic E-state index is -4.30. The van der Waals surface area contributed by atoms with Crippen LogP contribution in [-0.4, -0.2) is 41.5 Å². The summed E-state index contributed by atoms with van der Waals surface area (Å²) >= 11 is 0. The summed E-state index contributed by atoms with van der Waals surface area (Å²) in [4.78, 5) is 0. The first-order chi connectivity index (χ1) is 6.91. The Labute approximate surface area is 87.2 Å². The van der Waals surface area contributed by atoms with Crippen LogP contribution in [0.3, 0.4) is 0 Å². The summed E-state index contributed by atoms with van der Waals surface area (Å²) in [5.41, 5.74) is 9.68. The molecule has 0 saturated carbocycles. The standard InChI is InChI=1S/C5H13N3O6S/c1-11-4(12-2)3-13-15(9,10)14-8-5(6)7/h4H,3H2,1-2H3,(H4,6,7,8). The van der Waals surface area contributed by atoms with Crippen molar-refractivity contribution in [3.63, 3.8) is 0 Å². The molecular formula is C5H13N3O6S. The third kappa shape index (κ3) is 6.90. The molecule has 0 radical (unpaired) electrons. The van der Waals surface area contributed by atoms with E-state index in [4.69, 9.17) is 11.5 Å². The lowest BCUT2D eigenvalue weighted by Crippen LogP contribution is -2.25. The molecule has 90 valence electrons. The Morgan fingerprint density at radius 2 is 1.87 bits per heavy atom. The van der Waals surface area contributed by atoms with E-state index in [0.29, 0.717) is 0 Å². The molecule has 0 aromatic carbocycles. The van der Waals surface area contributed by atoms with Crippen molar-refractivity contribution >= 4 is 16.4 Å². The van der Waals surface area contributed by atoms with E-state index in [9.17, 15) is 8.42 Å². The fraction of sp³-hybridized carbons (Fsp3) is 0.800. The van der Waals surface area contributed by atoms with Gasteiger partial charge in [-0.25, -0.2) is 8.47 Å². The molecular weight excluding hydrogens is 230 g/mol. The van der Waals surface area contributed by atoms with E-state index in [-0.39, 0.29) is 6.61 Å². The molecule has 4 N–H and O–H groups in total. The van der Waals surface area contributed by atoms with Gasteiger partial charge in [0.25, 0.3) is 0 Å². The predicted molar refractivity (Wildman–Crippen MR) is 49.6 cm³/mol. The highest BCUT2D eigenvalue weighted by Gasteiger charge is 2.16. The molecule has 0 fully saturated rings. The van der Waals surface area contributed by atoms with Crippen LogP contribution in [0, 0.1) is 0 Å². The Hall–Kier alpha value is -1.10. The van der Waals surface area contributed by atoms with Gasteiger partial charge in [-0.3, -0.25) is 0 Å². The van der Waals surface area contributed by atoms with Gasteiger partial charge in [0.05, 0.1) is 0 Å².